The normalized spacial score (nSPS) is 12.5. The highest BCUT2D eigenvalue weighted by molar-refractivity contribution is 7.81. The Morgan fingerprint density at radius 3 is 0.613 bits per heavy atom. The number of hydrogen-bond donors (Lipinski definition) is 0. The standard InChI is InChI=1S/C39H32OP2.C36H28OP2.C28H28P2/c1-39(2)33-25-15-27-35(41(29-17-7-3-8-18-29)30-19-9-4-10-20-30)37(33)40-38-34(39)26-16-28-36(38)42(31-21-11-5-12-22-31)32-23-13-6-14-24-32;1-5-17-29(18-6-1)38(30-19-7-2-8-20-30)35-27-15-13-25-33(35)37-34-26-14-16-28-36(34)39(31-21-9-3-10-22-31)32-23-11-4-12-24-32;1-23(29(25-15-7-3-8-16-25)26-17-9-4-10-18-26)24(2)30(27-19-11-5-12-20-27)28-21-13-6-14-22-28/h3-28H,1-2H3;1-28H;3-24H,1-2H3. The summed E-state index contributed by atoms with van der Waals surface area (Å²) in [5.41, 5.74) is 3.37. The quantitative estimate of drug-likeness (QED) is 0.0668. The van der Waals surface area contributed by atoms with Gasteiger partial charge in [0.1, 0.15) is 23.0 Å². The molecular weight excluding hydrogens is 1450 g/mol. The first-order chi connectivity index (χ1) is 54.8. The van der Waals surface area contributed by atoms with Crippen LogP contribution in [0.25, 0.3) is 0 Å². The predicted octanol–water partition coefficient (Wildman–Crippen LogP) is 20.7. The van der Waals surface area contributed by atoms with E-state index >= 15 is 0 Å². The van der Waals surface area contributed by atoms with Crippen LogP contribution >= 0.6 is 47.5 Å². The molecule has 0 saturated heterocycles. The van der Waals surface area contributed by atoms with E-state index in [2.05, 4.69) is 477 Å². The molecule has 0 aromatic heterocycles. The molecule has 0 amide bonds. The second-order valence-electron chi connectivity index (χ2n) is 27.7. The molecule has 0 aliphatic carbocycles. The van der Waals surface area contributed by atoms with Gasteiger partial charge < -0.3 is 9.47 Å². The van der Waals surface area contributed by atoms with Crippen LogP contribution < -0.4 is 94.3 Å². The lowest BCUT2D eigenvalue weighted by Gasteiger charge is -2.38. The van der Waals surface area contributed by atoms with Gasteiger partial charge in [-0.2, -0.15) is 0 Å². The van der Waals surface area contributed by atoms with Crippen LogP contribution in [0.1, 0.15) is 38.8 Å². The molecule has 1 aliphatic heterocycles. The minimum Gasteiger partial charge on any atom is -0.456 e. The van der Waals surface area contributed by atoms with Crippen molar-refractivity contribution in [1.82, 2.24) is 0 Å². The zero-order chi connectivity index (χ0) is 75.6. The van der Waals surface area contributed by atoms with Gasteiger partial charge in [0.05, 0.1) is 0 Å². The van der Waals surface area contributed by atoms with Crippen LogP contribution in [0.15, 0.2) is 449 Å². The minimum atomic E-state index is -0.824. The lowest BCUT2D eigenvalue weighted by atomic mass is 9.76. The van der Waals surface area contributed by atoms with Crippen molar-refractivity contribution in [2.75, 3.05) is 0 Å². The van der Waals surface area contributed by atoms with Gasteiger partial charge in [-0.3, -0.25) is 0 Å². The van der Waals surface area contributed by atoms with Crippen molar-refractivity contribution in [2.24, 2.45) is 0 Å². The van der Waals surface area contributed by atoms with Crippen LogP contribution in [-0.2, 0) is 5.41 Å². The fourth-order valence-electron chi connectivity index (χ4n) is 14.8. The average Bonchev–Trinajstić information content (AvgIpc) is 0.722. The third-order valence-corrected chi connectivity index (χ3v) is 36.3. The lowest BCUT2D eigenvalue weighted by Crippen LogP contribution is -2.32. The van der Waals surface area contributed by atoms with E-state index in [0.29, 0.717) is 11.3 Å². The summed E-state index contributed by atoms with van der Waals surface area (Å²) in [6.07, 6.45) is 0. The summed E-state index contributed by atoms with van der Waals surface area (Å²) in [5.74, 6) is 3.83. The molecule has 2 unspecified atom stereocenters. The molecule has 2 nitrogen and oxygen atoms in total. The Morgan fingerprint density at radius 1 is 0.207 bits per heavy atom. The highest BCUT2D eigenvalue weighted by atomic mass is 31.1. The van der Waals surface area contributed by atoms with Crippen molar-refractivity contribution in [3.05, 3.63) is 460 Å². The van der Waals surface area contributed by atoms with Gasteiger partial charge in [-0.05, 0) is 135 Å². The Bertz CT molecular complexity index is 4970. The van der Waals surface area contributed by atoms with Crippen molar-refractivity contribution in [2.45, 2.75) is 44.4 Å². The monoisotopic (exact) mass is 1540 g/mol. The first kappa shape index (κ1) is 76.1. The SMILES string of the molecule is CC(C(C)P(c1ccccc1)c1ccccc1)P(c1ccccc1)c1ccccc1.CC1(C)c2cccc(P(c3ccccc3)c3ccccc3)c2Oc2c(P(c3ccccc3)c3ccccc3)cccc21.c1ccc(P(c2ccccc2)c2ccccc2Oc2ccccc2P(c2ccccc2)c2ccccc2)cc1. The molecule has 1 aliphatic rings. The van der Waals surface area contributed by atoms with Crippen molar-refractivity contribution >= 4 is 132 Å². The second kappa shape index (κ2) is 37.1. The number of benzene rings is 16. The van der Waals surface area contributed by atoms with E-state index in [-0.39, 0.29) is 5.41 Å². The van der Waals surface area contributed by atoms with E-state index in [9.17, 15) is 0 Å². The second-order valence-corrected chi connectivity index (χ2v) is 41.6. The lowest BCUT2D eigenvalue weighted by molar-refractivity contribution is 0.425. The summed E-state index contributed by atoms with van der Waals surface area (Å²) in [7, 11) is -4.13. The van der Waals surface area contributed by atoms with Crippen molar-refractivity contribution in [3.63, 3.8) is 0 Å². The Morgan fingerprint density at radius 2 is 0.387 bits per heavy atom. The Kier molecular flexibility index (Phi) is 25.5. The Hall–Kier alpha value is -10.3. The Balaban J connectivity index is 0.000000134. The molecule has 2 atom stereocenters. The molecule has 0 radical (unpaired) electrons. The van der Waals surface area contributed by atoms with Gasteiger partial charge in [0.25, 0.3) is 0 Å². The number of para-hydroxylation sites is 4. The van der Waals surface area contributed by atoms with E-state index in [0.717, 1.165) is 23.0 Å². The molecule has 8 heteroatoms. The topological polar surface area (TPSA) is 18.5 Å². The molecule has 0 bridgehead atoms. The zero-order valence-corrected chi connectivity index (χ0v) is 68.2. The average molecular weight is 1540 g/mol. The minimum absolute atomic E-state index is 0.225. The van der Waals surface area contributed by atoms with E-state index in [1.54, 1.807) is 0 Å². The highest BCUT2D eigenvalue weighted by Gasteiger charge is 2.40. The third kappa shape index (κ3) is 17.7. The molecule has 17 rings (SSSR count). The fourth-order valence-corrected chi connectivity index (χ4v) is 30.4. The van der Waals surface area contributed by atoms with Crippen LogP contribution in [0.4, 0.5) is 0 Å². The summed E-state index contributed by atoms with van der Waals surface area (Å²) < 4.78 is 14.2. The molecule has 0 saturated carbocycles. The molecule has 0 spiro atoms. The van der Waals surface area contributed by atoms with Crippen LogP contribution in [-0.4, -0.2) is 11.3 Å². The fraction of sp³-hybridized carbons (Fsp3) is 0.0680. The molecule has 16 aromatic carbocycles. The first-order valence-corrected chi connectivity index (χ1v) is 46.2. The van der Waals surface area contributed by atoms with Gasteiger partial charge in [-0.15, -0.1) is 0 Å². The van der Waals surface area contributed by atoms with Crippen molar-refractivity contribution in [1.29, 1.82) is 0 Å². The molecule has 542 valence electrons. The van der Waals surface area contributed by atoms with E-state index in [1.165, 1.54) is 96.0 Å². The zero-order valence-electron chi connectivity index (χ0n) is 62.9. The summed E-state index contributed by atoms with van der Waals surface area (Å²) in [6.45, 7) is 9.64. The molecule has 16 aromatic rings. The molecule has 111 heavy (non-hydrogen) atoms. The molecule has 1 heterocycles. The maximum absolute atomic E-state index is 7.26. The Labute approximate surface area is 664 Å². The van der Waals surface area contributed by atoms with Gasteiger partial charge >= 0.3 is 0 Å². The molecule has 0 fully saturated rings. The van der Waals surface area contributed by atoms with Gasteiger partial charge in [-0.1, -0.05) is 464 Å². The maximum atomic E-state index is 7.26. The van der Waals surface area contributed by atoms with Crippen molar-refractivity contribution < 1.29 is 9.47 Å². The summed E-state index contributed by atoms with van der Waals surface area (Å²) in [6, 6.07) is 162. The van der Waals surface area contributed by atoms with Gasteiger partial charge in [0, 0.05) is 37.8 Å². The predicted molar refractivity (Wildman–Crippen MR) is 490 cm³/mol. The van der Waals surface area contributed by atoms with Crippen LogP contribution in [0.5, 0.6) is 23.0 Å². The van der Waals surface area contributed by atoms with E-state index < -0.39 is 47.5 Å². The smallest absolute Gasteiger partial charge is 0.139 e. The van der Waals surface area contributed by atoms with Crippen LogP contribution in [0, 0.1) is 0 Å². The van der Waals surface area contributed by atoms with E-state index in [1.807, 2.05) is 0 Å². The molecule has 0 N–H and O–H groups in total. The number of hydrogen-bond acceptors (Lipinski definition) is 2. The number of fused-ring (bicyclic) bond motifs is 2. The van der Waals surface area contributed by atoms with Crippen LogP contribution in [0.3, 0.4) is 0 Å². The number of ether oxygens (including phenoxy) is 2. The first-order valence-electron chi connectivity index (χ1n) is 38.0. The largest absolute Gasteiger partial charge is 0.456 e. The van der Waals surface area contributed by atoms with E-state index in [4.69, 9.17) is 9.47 Å². The summed E-state index contributed by atoms with van der Waals surface area (Å²) >= 11 is 0. The van der Waals surface area contributed by atoms with Gasteiger partial charge in [0.15, 0.2) is 0 Å². The summed E-state index contributed by atoms with van der Waals surface area (Å²) in [5, 5.41) is 21.3. The number of rotatable bonds is 21. The highest BCUT2D eigenvalue weighted by Crippen LogP contribution is 2.54. The third-order valence-electron chi connectivity index (χ3n) is 20.2. The molecular formula is C103H88O2P6. The van der Waals surface area contributed by atoms with Crippen LogP contribution in [0.2, 0.25) is 0 Å². The summed E-state index contributed by atoms with van der Waals surface area (Å²) in [4.78, 5) is 0. The van der Waals surface area contributed by atoms with Gasteiger partial charge in [0.2, 0.25) is 0 Å². The van der Waals surface area contributed by atoms with Gasteiger partial charge in [-0.25, -0.2) is 0 Å². The maximum Gasteiger partial charge on any atom is 0.139 e. The van der Waals surface area contributed by atoms with Crippen molar-refractivity contribution in [3.8, 4) is 23.0 Å².